The molecule has 0 spiro atoms. The van der Waals surface area contributed by atoms with Gasteiger partial charge in [0.2, 0.25) is 0 Å². The summed E-state index contributed by atoms with van der Waals surface area (Å²) in [5, 5.41) is 6.74. The number of rotatable bonds is 7. The fourth-order valence-corrected chi connectivity index (χ4v) is 4.13. The Hall–Kier alpha value is -3.10. The van der Waals surface area contributed by atoms with Crippen LogP contribution in [0.5, 0.6) is 5.75 Å². The first-order valence-corrected chi connectivity index (χ1v) is 11.2. The van der Waals surface area contributed by atoms with Crippen molar-refractivity contribution in [2.75, 3.05) is 17.1 Å². The zero-order valence-corrected chi connectivity index (χ0v) is 18.3. The van der Waals surface area contributed by atoms with Gasteiger partial charge in [-0.3, -0.25) is 4.72 Å². The van der Waals surface area contributed by atoms with E-state index in [1.165, 1.54) is 12.1 Å². The standard InChI is InChI=1S/C22H23N3O3S2/c1-16(17-6-4-3-5-7-17)23-22(29)24-18-10-14-21(15-11-18)30(26,27)25-19-8-12-20(28-2)13-9-19/h3-16,25H,1-2H3,(H2,23,24,29). The molecule has 3 N–H and O–H groups in total. The number of anilines is 2. The third-order valence-electron chi connectivity index (χ3n) is 4.41. The zero-order chi connectivity index (χ0) is 21.6. The van der Waals surface area contributed by atoms with Crippen molar-refractivity contribution < 1.29 is 13.2 Å². The van der Waals surface area contributed by atoms with Crippen molar-refractivity contribution in [1.82, 2.24) is 5.32 Å². The first-order chi connectivity index (χ1) is 14.4. The van der Waals surface area contributed by atoms with Gasteiger partial charge in [0.1, 0.15) is 5.75 Å². The molecule has 0 radical (unpaired) electrons. The minimum absolute atomic E-state index is 0.0412. The third-order valence-corrected chi connectivity index (χ3v) is 6.03. The van der Waals surface area contributed by atoms with Gasteiger partial charge in [-0.05, 0) is 73.2 Å². The van der Waals surface area contributed by atoms with Gasteiger partial charge in [0, 0.05) is 11.4 Å². The quantitative estimate of drug-likeness (QED) is 0.467. The molecule has 0 aliphatic carbocycles. The van der Waals surface area contributed by atoms with Crippen LogP contribution in [0, 0.1) is 0 Å². The molecule has 0 heterocycles. The van der Waals surface area contributed by atoms with Crippen molar-refractivity contribution in [3.05, 3.63) is 84.4 Å². The highest BCUT2D eigenvalue weighted by atomic mass is 32.2. The summed E-state index contributed by atoms with van der Waals surface area (Å²) in [5.41, 5.74) is 2.27. The number of hydrogen-bond acceptors (Lipinski definition) is 4. The minimum Gasteiger partial charge on any atom is -0.497 e. The molecule has 156 valence electrons. The number of benzene rings is 3. The van der Waals surface area contributed by atoms with E-state index in [1.807, 2.05) is 37.3 Å². The summed E-state index contributed by atoms with van der Waals surface area (Å²) in [4.78, 5) is 0.153. The van der Waals surface area contributed by atoms with E-state index in [0.29, 0.717) is 22.2 Å². The van der Waals surface area contributed by atoms with Crippen LogP contribution >= 0.6 is 12.2 Å². The summed E-state index contributed by atoms with van der Waals surface area (Å²) in [6, 6.07) is 23.1. The Morgan fingerprint density at radius 1 is 0.900 bits per heavy atom. The molecule has 1 unspecified atom stereocenters. The normalized spacial score (nSPS) is 11.9. The van der Waals surface area contributed by atoms with Gasteiger partial charge >= 0.3 is 0 Å². The highest BCUT2D eigenvalue weighted by Gasteiger charge is 2.14. The molecule has 0 aromatic heterocycles. The molecule has 3 aromatic rings. The van der Waals surface area contributed by atoms with Crippen molar-refractivity contribution in [3.63, 3.8) is 0 Å². The Bertz CT molecular complexity index is 1080. The largest absolute Gasteiger partial charge is 0.497 e. The number of hydrogen-bond donors (Lipinski definition) is 3. The zero-order valence-electron chi connectivity index (χ0n) is 16.6. The molecular formula is C22H23N3O3S2. The molecule has 30 heavy (non-hydrogen) atoms. The number of nitrogens with one attached hydrogen (secondary N) is 3. The Morgan fingerprint density at radius 3 is 2.10 bits per heavy atom. The molecular weight excluding hydrogens is 418 g/mol. The topological polar surface area (TPSA) is 79.5 Å². The van der Waals surface area contributed by atoms with Crippen LogP contribution in [-0.2, 0) is 10.0 Å². The molecule has 3 rings (SSSR count). The smallest absolute Gasteiger partial charge is 0.261 e. The predicted molar refractivity (Wildman–Crippen MR) is 124 cm³/mol. The molecule has 0 aliphatic heterocycles. The van der Waals surface area contributed by atoms with Crippen LogP contribution in [-0.4, -0.2) is 20.6 Å². The van der Waals surface area contributed by atoms with Gasteiger partial charge in [0.15, 0.2) is 5.11 Å². The Balaban J connectivity index is 1.61. The Kier molecular flexibility index (Phi) is 6.91. The molecule has 0 fully saturated rings. The third kappa shape index (κ3) is 5.71. The summed E-state index contributed by atoms with van der Waals surface area (Å²) in [6.45, 7) is 2.02. The van der Waals surface area contributed by atoms with E-state index in [-0.39, 0.29) is 10.9 Å². The van der Waals surface area contributed by atoms with Gasteiger partial charge in [-0.15, -0.1) is 0 Å². The van der Waals surface area contributed by atoms with Crippen LogP contribution in [0.25, 0.3) is 0 Å². The molecule has 0 saturated carbocycles. The minimum atomic E-state index is -3.70. The maximum Gasteiger partial charge on any atom is 0.261 e. The van der Waals surface area contributed by atoms with Gasteiger partial charge in [0.05, 0.1) is 18.0 Å². The van der Waals surface area contributed by atoms with Crippen molar-refractivity contribution in [2.24, 2.45) is 0 Å². The van der Waals surface area contributed by atoms with E-state index in [2.05, 4.69) is 15.4 Å². The Morgan fingerprint density at radius 2 is 1.50 bits per heavy atom. The lowest BCUT2D eigenvalue weighted by molar-refractivity contribution is 0.415. The molecule has 0 saturated heterocycles. The second-order valence-electron chi connectivity index (χ2n) is 6.59. The van der Waals surface area contributed by atoms with Crippen molar-refractivity contribution in [2.45, 2.75) is 17.9 Å². The fraction of sp³-hybridized carbons (Fsp3) is 0.136. The first kappa shape index (κ1) is 21.6. The van der Waals surface area contributed by atoms with E-state index in [4.69, 9.17) is 17.0 Å². The lowest BCUT2D eigenvalue weighted by atomic mass is 10.1. The van der Waals surface area contributed by atoms with Gasteiger partial charge in [-0.1, -0.05) is 30.3 Å². The maximum atomic E-state index is 12.6. The fourth-order valence-electron chi connectivity index (χ4n) is 2.78. The van der Waals surface area contributed by atoms with Crippen LogP contribution in [0.15, 0.2) is 83.8 Å². The lowest BCUT2D eigenvalue weighted by Gasteiger charge is -2.17. The monoisotopic (exact) mass is 441 g/mol. The van der Waals surface area contributed by atoms with Gasteiger partial charge < -0.3 is 15.4 Å². The predicted octanol–water partition coefficient (Wildman–Crippen LogP) is 4.54. The molecule has 1 atom stereocenters. The molecule has 0 bridgehead atoms. The van der Waals surface area contributed by atoms with Crippen LogP contribution in [0.4, 0.5) is 11.4 Å². The summed E-state index contributed by atoms with van der Waals surface area (Å²) in [5.74, 6) is 0.652. The van der Waals surface area contributed by atoms with Gasteiger partial charge in [0.25, 0.3) is 10.0 Å². The van der Waals surface area contributed by atoms with E-state index in [9.17, 15) is 8.42 Å². The van der Waals surface area contributed by atoms with Gasteiger partial charge in [-0.2, -0.15) is 0 Å². The molecule has 8 heteroatoms. The lowest BCUT2D eigenvalue weighted by Crippen LogP contribution is -2.30. The van der Waals surface area contributed by atoms with Crippen molar-refractivity contribution in [1.29, 1.82) is 0 Å². The second-order valence-corrected chi connectivity index (χ2v) is 8.68. The SMILES string of the molecule is COc1ccc(NS(=O)(=O)c2ccc(NC(=S)NC(C)c3ccccc3)cc2)cc1. The molecule has 0 amide bonds. The highest BCUT2D eigenvalue weighted by Crippen LogP contribution is 2.21. The van der Waals surface area contributed by atoms with Crippen molar-refractivity contribution in [3.8, 4) is 5.75 Å². The van der Waals surface area contributed by atoms with E-state index < -0.39 is 10.0 Å². The molecule has 6 nitrogen and oxygen atoms in total. The van der Waals surface area contributed by atoms with Crippen LogP contribution < -0.4 is 20.1 Å². The summed E-state index contributed by atoms with van der Waals surface area (Å²) in [6.07, 6.45) is 0. The highest BCUT2D eigenvalue weighted by molar-refractivity contribution is 7.92. The summed E-state index contributed by atoms with van der Waals surface area (Å²) >= 11 is 5.36. The van der Waals surface area contributed by atoms with Gasteiger partial charge in [-0.25, -0.2) is 8.42 Å². The Labute approximate surface area is 182 Å². The second kappa shape index (κ2) is 9.60. The van der Waals surface area contributed by atoms with E-state index >= 15 is 0 Å². The first-order valence-electron chi connectivity index (χ1n) is 9.27. The maximum absolute atomic E-state index is 12.6. The molecule has 3 aromatic carbocycles. The van der Waals surface area contributed by atoms with Crippen LogP contribution in [0.3, 0.4) is 0 Å². The van der Waals surface area contributed by atoms with Crippen molar-refractivity contribution >= 4 is 38.7 Å². The number of methoxy groups -OCH3 is 1. The average molecular weight is 442 g/mol. The number of sulfonamides is 1. The van der Waals surface area contributed by atoms with E-state index in [0.717, 1.165) is 5.56 Å². The summed E-state index contributed by atoms with van der Waals surface area (Å²) < 4.78 is 32.8. The number of ether oxygens (including phenoxy) is 1. The summed E-state index contributed by atoms with van der Waals surface area (Å²) in [7, 11) is -2.15. The molecule has 0 aliphatic rings. The van der Waals surface area contributed by atoms with E-state index in [1.54, 1.807) is 43.5 Å². The van der Waals surface area contributed by atoms with Crippen LogP contribution in [0.2, 0.25) is 0 Å². The van der Waals surface area contributed by atoms with Crippen LogP contribution in [0.1, 0.15) is 18.5 Å². The average Bonchev–Trinajstić information content (AvgIpc) is 2.75. The number of thiocarbonyl (C=S) groups is 1.